The minimum absolute atomic E-state index is 0.195. The number of carbonyl (C=O) groups excluding carboxylic acids is 1. The van der Waals surface area contributed by atoms with Gasteiger partial charge in [-0.25, -0.2) is 15.0 Å². The molecule has 1 aliphatic rings. The Morgan fingerprint density at radius 2 is 2.12 bits per heavy atom. The largest absolute Gasteiger partial charge is 0.461 e. The molecule has 0 radical (unpaired) electrons. The zero-order valence-electron chi connectivity index (χ0n) is 18.8. The van der Waals surface area contributed by atoms with Crippen molar-refractivity contribution in [1.29, 1.82) is 0 Å². The Morgan fingerprint density at radius 1 is 1.27 bits per heavy atom. The minimum Gasteiger partial charge on any atom is -0.461 e. The van der Waals surface area contributed by atoms with Crippen molar-refractivity contribution < 1.29 is 18.7 Å². The topological polar surface area (TPSA) is 92.3 Å². The van der Waals surface area contributed by atoms with E-state index in [0.717, 1.165) is 12.8 Å². The lowest BCUT2D eigenvalue weighted by Crippen LogP contribution is -2.25. The van der Waals surface area contributed by atoms with Gasteiger partial charge in [0.2, 0.25) is 5.82 Å². The van der Waals surface area contributed by atoms with Crippen LogP contribution in [-0.2, 0) is 14.3 Å². The van der Waals surface area contributed by atoms with Crippen LogP contribution in [0.4, 0.5) is 0 Å². The number of halogens is 1. The van der Waals surface area contributed by atoms with Crippen molar-refractivity contribution in [2.24, 2.45) is 0 Å². The number of unbranched alkanes of at least 4 members (excludes halogenated alkanes) is 5. The van der Waals surface area contributed by atoms with Gasteiger partial charge in [-0.15, -0.1) is 0 Å². The molecule has 3 aromatic heterocycles. The monoisotopic (exact) mass is 470 g/mol. The smallest absolute Gasteiger partial charge is 0.303 e. The molecule has 1 saturated heterocycles. The van der Waals surface area contributed by atoms with Gasteiger partial charge in [-0.2, -0.15) is 0 Å². The van der Waals surface area contributed by atoms with Crippen LogP contribution in [0.2, 0.25) is 5.15 Å². The van der Waals surface area contributed by atoms with Gasteiger partial charge < -0.3 is 13.9 Å². The first-order chi connectivity index (χ1) is 16.1. The molecule has 0 spiro atoms. The zero-order chi connectivity index (χ0) is 23.2. The molecule has 0 saturated carbocycles. The molecule has 0 amide bonds. The first kappa shape index (κ1) is 23.3. The Kier molecular flexibility index (Phi) is 7.63. The van der Waals surface area contributed by atoms with Crippen molar-refractivity contribution in [2.75, 3.05) is 6.61 Å². The minimum atomic E-state index is -0.621. The van der Waals surface area contributed by atoms with E-state index in [1.807, 2.05) is 0 Å². The zero-order valence-corrected chi connectivity index (χ0v) is 19.6. The summed E-state index contributed by atoms with van der Waals surface area (Å²) in [4.78, 5) is 25.2. The number of rotatable bonds is 8. The van der Waals surface area contributed by atoms with E-state index >= 15 is 0 Å². The van der Waals surface area contributed by atoms with E-state index < -0.39 is 12.3 Å². The number of imidazole rings is 1. The van der Waals surface area contributed by atoms with E-state index in [4.69, 9.17) is 25.5 Å². The molecule has 2 atom stereocenters. The van der Waals surface area contributed by atoms with Crippen LogP contribution in [0.3, 0.4) is 0 Å². The van der Waals surface area contributed by atoms with Crippen molar-refractivity contribution in [1.82, 2.24) is 19.5 Å². The molecule has 174 valence electrons. The molecule has 0 bridgehead atoms. The highest BCUT2D eigenvalue weighted by molar-refractivity contribution is 6.33. The van der Waals surface area contributed by atoms with Gasteiger partial charge in [-0.1, -0.05) is 50.1 Å². The van der Waals surface area contributed by atoms with Gasteiger partial charge in [-0.3, -0.25) is 9.36 Å². The molecule has 4 rings (SSSR count). The summed E-state index contributed by atoms with van der Waals surface area (Å²) in [6, 6.07) is 3.55. The molecule has 33 heavy (non-hydrogen) atoms. The Labute approximate surface area is 197 Å². The van der Waals surface area contributed by atoms with Crippen molar-refractivity contribution in [3.05, 3.63) is 29.4 Å². The third-order valence-corrected chi connectivity index (χ3v) is 5.69. The first-order valence-electron chi connectivity index (χ1n) is 11.4. The Morgan fingerprint density at radius 3 is 2.88 bits per heavy atom. The maximum atomic E-state index is 11.6. The van der Waals surface area contributed by atoms with Crippen molar-refractivity contribution >= 4 is 28.7 Å². The van der Waals surface area contributed by atoms with Crippen molar-refractivity contribution in [3.8, 4) is 23.4 Å². The van der Waals surface area contributed by atoms with E-state index in [0.29, 0.717) is 41.6 Å². The maximum absolute atomic E-state index is 11.6. The molecule has 0 aromatic carbocycles. The van der Waals surface area contributed by atoms with Crippen LogP contribution in [0.25, 0.3) is 22.7 Å². The number of fused-ring (bicyclic) bond motifs is 1. The molecule has 0 aliphatic carbocycles. The summed E-state index contributed by atoms with van der Waals surface area (Å²) in [5.41, 5.74) is 0.864. The van der Waals surface area contributed by atoms with Crippen LogP contribution in [0.5, 0.6) is 0 Å². The highest BCUT2D eigenvalue weighted by Gasteiger charge is 2.36. The fourth-order valence-electron chi connectivity index (χ4n) is 3.90. The Bertz CT molecular complexity index is 1160. The van der Waals surface area contributed by atoms with E-state index in [2.05, 4.69) is 33.7 Å². The summed E-state index contributed by atoms with van der Waals surface area (Å²) in [7, 11) is 0. The normalized spacial score (nSPS) is 17.8. The molecule has 1 fully saturated rings. The lowest BCUT2D eigenvalue weighted by molar-refractivity contribution is -0.151. The van der Waals surface area contributed by atoms with E-state index in [9.17, 15) is 4.79 Å². The number of esters is 1. The number of hydrogen-bond acceptors (Lipinski definition) is 7. The third-order valence-electron chi connectivity index (χ3n) is 5.43. The van der Waals surface area contributed by atoms with Crippen LogP contribution < -0.4 is 0 Å². The second-order valence-corrected chi connectivity index (χ2v) is 8.31. The third kappa shape index (κ3) is 5.37. The predicted molar refractivity (Wildman–Crippen MR) is 123 cm³/mol. The van der Waals surface area contributed by atoms with E-state index in [1.165, 1.54) is 32.6 Å². The highest BCUT2D eigenvalue weighted by atomic mass is 35.5. The molecular weight excluding hydrogens is 444 g/mol. The van der Waals surface area contributed by atoms with Gasteiger partial charge in [0.15, 0.2) is 28.6 Å². The number of aromatic nitrogens is 4. The van der Waals surface area contributed by atoms with Gasteiger partial charge in [-0.05, 0) is 24.5 Å². The number of carbonyl (C=O) groups is 1. The molecular formula is C24H27ClN4O4. The Hall–Kier alpha value is -2.89. The predicted octanol–water partition coefficient (Wildman–Crippen LogP) is 5.30. The number of ether oxygens (including phenoxy) is 2. The van der Waals surface area contributed by atoms with Crippen LogP contribution in [0, 0.1) is 11.8 Å². The highest BCUT2D eigenvalue weighted by Crippen LogP contribution is 2.36. The van der Waals surface area contributed by atoms with Gasteiger partial charge in [0.25, 0.3) is 0 Å². The fourth-order valence-corrected chi connectivity index (χ4v) is 4.11. The SMILES string of the molecule is CCCCCCCC#Cc1nc(Cl)c2nc(-c3ccco3)n([C@@H]3OCC[C@H]3OC(C)=O)c2n1. The van der Waals surface area contributed by atoms with Gasteiger partial charge >= 0.3 is 5.97 Å². The van der Waals surface area contributed by atoms with Crippen molar-refractivity contribution in [2.45, 2.75) is 71.1 Å². The lowest BCUT2D eigenvalue weighted by Gasteiger charge is -2.21. The van der Waals surface area contributed by atoms with Crippen LogP contribution in [-0.4, -0.2) is 38.2 Å². The summed E-state index contributed by atoms with van der Waals surface area (Å²) in [6.07, 6.45) is 7.70. The summed E-state index contributed by atoms with van der Waals surface area (Å²) in [6.45, 7) is 4.01. The lowest BCUT2D eigenvalue weighted by atomic mass is 10.1. The molecule has 4 heterocycles. The Balaban J connectivity index is 1.70. The molecule has 0 N–H and O–H groups in total. The number of furan rings is 1. The number of hydrogen-bond donors (Lipinski definition) is 0. The summed E-state index contributed by atoms with van der Waals surface area (Å²) >= 11 is 6.48. The summed E-state index contributed by atoms with van der Waals surface area (Å²) < 4.78 is 18.8. The van der Waals surface area contributed by atoms with Gasteiger partial charge in [0.05, 0.1) is 12.9 Å². The average Bonchev–Trinajstić information content (AvgIpc) is 3.52. The molecule has 0 unspecified atom stereocenters. The average molecular weight is 471 g/mol. The number of nitrogens with zero attached hydrogens (tertiary/aromatic N) is 4. The maximum Gasteiger partial charge on any atom is 0.303 e. The van der Waals surface area contributed by atoms with Gasteiger partial charge in [0.1, 0.15) is 11.6 Å². The standard InChI is InChI=1S/C24H27ClN4O4/c1-3-4-5-6-7-8-9-12-19-26-21(25)20-23(27-19)29(22(28-20)17-11-10-14-31-17)24-18(13-15-32-24)33-16(2)30/h10-11,14,18,24H,3-8,13,15H2,1-2H3/t18-,24-/m1/s1. The van der Waals surface area contributed by atoms with E-state index in [-0.39, 0.29) is 11.1 Å². The second-order valence-electron chi connectivity index (χ2n) is 7.96. The molecule has 9 heteroatoms. The van der Waals surface area contributed by atoms with Crippen LogP contribution in [0.1, 0.15) is 70.8 Å². The fraction of sp³-hybridized carbons (Fsp3) is 0.500. The molecule has 3 aromatic rings. The van der Waals surface area contributed by atoms with E-state index in [1.54, 1.807) is 23.0 Å². The van der Waals surface area contributed by atoms with Crippen molar-refractivity contribution in [3.63, 3.8) is 0 Å². The quantitative estimate of drug-likeness (QED) is 0.191. The summed E-state index contributed by atoms with van der Waals surface area (Å²) in [5.74, 6) is 7.09. The summed E-state index contributed by atoms with van der Waals surface area (Å²) in [5, 5.41) is 0.195. The molecule has 1 aliphatic heterocycles. The van der Waals surface area contributed by atoms with Crippen LogP contribution >= 0.6 is 11.6 Å². The van der Waals surface area contributed by atoms with Crippen LogP contribution in [0.15, 0.2) is 22.8 Å². The molecule has 8 nitrogen and oxygen atoms in total. The first-order valence-corrected chi connectivity index (χ1v) is 11.7. The second kappa shape index (κ2) is 10.8. The van der Waals surface area contributed by atoms with Gasteiger partial charge in [0, 0.05) is 19.8 Å².